The Morgan fingerprint density at radius 2 is 2.00 bits per heavy atom. The van der Waals surface area contributed by atoms with Crippen molar-refractivity contribution < 1.29 is 4.79 Å². The third-order valence-electron chi connectivity index (χ3n) is 3.08. The lowest BCUT2D eigenvalue weighted by atomic mass is 10.0. The van der Waals surface area contributed by atoms with Gasteiger partial charge in [0.25, 0.3) is 0 Å². The summed E-state index contributed by atoms with van der Waals surface area (Å²) >= 11 is 0. The summed E-state index contributed by atoms with van der Waals surface area (Å²) in [6, 6.07) is 0. The lowest BCUT2D eigenvalue weighted by molar-refractivity contribution is -0.133. The van der Waals surface area contributed by atoms with Crippen LogP contribution in [0.2, 0.25) is 0 Å². The number of carbonyl (C=O) groups excluding carboxylic acids is 1. The van der Waals surface area contributed by atoms with Crippen molar-refractivity contribution in [3.63, 3.8) is 0 Å². The molecule has 0 aliphatic carbocycles. The van der Waals surface area contributed by atoms with E-state index in [1.54, 1.807) is 0 Å². The van der Waals surface area contributed by atoms with Crippen LogP contribution in [0.15, 0.2) is 0 Å². The van der Waals surface area contributed by atoms with Crippen molar-refractivity contribution in [2.75, 3.05) is 19.6 Å². The minimum atomic E-state index is 0.307. The smallest absolute Gasteiger partial charge is 0.222 e. The molecule has 14 heavy (non-hydrogen) atoms. The SMILES string of the molecule is CCC(CN)CC(=O)N1CCCCC1. The fourth-order valence-electron chi connectivity index (χ4n) is 1.91. The van der Waals surface area contributed by atoms with Gasteiger partial charge in [0.15, 0.2) is 0 Å². The number of hydrogen-bond donors (Lipinski definition) is 1. The van der Waals surface area contributed by atoms with Gasteiger partial charge < -0.3 is 10.6 Å². The van der Waals surface area contributed by atoms with Crippen LogP contribution in [0, 0.1) is 5.92 Å². The molecule has 1 amide bonds. The molecular formula is C11H22N2O. The summed E-state index contributed by atoms with van der Waals surface area (Å²) in [4.78, 5) is 13.8. The molecule has 0 radical (unpaired) electrons. The highest BCUT2D eigenvalue weighted by molar-refractivity contribution is 5.76. The summed E-state index contributed by atoms with van der Waals surface area (Å²) < 4.78 is 0. The molecule has 0 aromatic rings. The van der Waals surface area contributed by atoms with Crippen LogP contribution < -0.4 is 5.73 Å². The highest BCUT2D eigenvalue weighted by atomic mass is 16.2. The summed E-state index contributed by atoms with van der Waals surface area (Å²) in [5.74, 6) is 0.687. The van der Waals surface area contributed by atoms with E-state index in [0.29, 0.717) is 24.8 Å². The van der Waals surface area contributed by atoms with Crippen LogP contribution in [0.25, 0.3) is 0 Å². The maximum atomic E-state index is 11.8. The lowest BCUT2D eigenvalue weighted by Crippen LogP contribution is -2.37. The second-order valence-corrected chi connectivity index (χ2v) is 4.16. The van der Waals surface area contributed by atoms with E-state index < -0.39 is 0 Å². The Morgan fingerprint density at radius 1 is 1.36 bits per heavy atom. The Morgan fingerprint density at radius 3 is 2.50 bits per heavy atom. The van der Waals surface area contributed by atoms with Crippen molar-refractivity contribution in [3.05, 3.63) is 0 Å². The number of nitrogens with zero attached hydrogens (tertiary/aromatic N) is 1. The number of amides is 1. The van der Waals surface area contributed by atoms with E-state index in [1.807, 2.05) is 4.90 Å². The number of hydrogen-bond acceptors (Lipinski definition) is 2. The first-order chi connectivity index (χ1) is 6.77. The number of likely N-dealkylation sites (tertiary alicyclic amines) is 1. The first-order valence-electron chi connectivity index (χ1n) is 5.75. The number of piperidine rings is 1. The van der Waals surface area contributed by atoms with Crippen LogP contribution in [-0.4, -0.2) is 30.4 Å². The summed E-state index contributed by atoms with van der Waals surface area (Å²) in [5, 5.41) is 0. The van der Waals surface area contributed by atoms with Gasteiger partial charge in [-0.2, -0.15) is 0 Å². The van der Waals surface area contributed by atoms with Gasteiger partial charge in [0.1, 0.15) is 0 Å². The quantitative estimate of drug-likeness (QED) is 0.741. The van der Waals surface area contributed by atoms with Crippen LogP contribution in [0.5, 0.6) is 0 Å². The first-order valence-corrected chi connectivity index (χ1v) is 5.75. The van der Waals surface area contributed by atoms with Crippen LogP contribution in [0.1, 0.15) is 39.0 Å². The van der Waals surface area contributed by atoms with Gasteiger partial charge in [0.2, 0.25) is 5.91 Å². The second-order valence-electron chi connectivity index (χ2n) is 4.16. The van der Waals surface area contributed by atoms with Gasteiger partial charge in [-0.15, -0.1) is 0 Å². The van der Waals surface area contributed by atoms with Crippen LogP contribution in [0.4, 0.5) is 0 Å². The highest BCUT2D eigenvalue weighted by Gasteiger charge is 2.18. The van der Waals surface area contributed by atoms with Crippen molar-refractivity contribution in [1.82, 2.24) is 4.90 Å². The molecule has 0 bridgehead atoms. The first kappa shape index (κ1) is 11.5. The van der Waals surface area contributed by atoms with Crippen LogP contribution in [0.3, 0.4) is 0 Å². The third-order valence-corrected chi connectivity index (χ3v) is 3.08. The molecule has 1 aliphatic heterocycles. The van der Waals surface area contributed by atoms with Gasteiger partial charge in [-0.1, -0.05) is 13.3 Å². The van der Waals surface area contributed by atoms with E-state index in [2.05, 4.69) is 6.92 Å². The normalized spacial score (nSPS) is 19.4. The topological polar surface area (TPSA) is 46.3 Å². The summed E-state index contributed by atoms with van der Waals surface area (Å²) in [5.41, 5.74) is 5.59. The molecule has 1 fully saturated rings. The predicted molar refractivity (Wildman–Crippen MR) is 57.9 cm³/mol. The number of rotatable bonds is 4. The van der Waals surface area contributed by atoms with Crippen molar-refractivity contribution in [1.29, 1.82) is 0 Å². The van der Waals surface area contributed by atoms with Crippen molar-refractivity contribution in [3.8, 4) is 0 Å². The zero-order valence-corrected chi connectivity index (χ0v) is 9.17. The highest BCUT2D eigenvalue weighted by Crippen LogP contribution is 2.13. The zero-order chi connectivity index (χ0) is 10.4. The Bertz CT molecular complexity index is 172. The largest absolute Gasteiger partial charge is 0.343 e. The molecular weight excluding hydrogens is 176 g/mol. The fourth-order valence-corrected chi connectivity index (χ4v) is 1.91. The summed E-state index contributed by atoms with van der Waals surface area (Å²) in [6.07, 6.45) is 5.28. The maximum absolute atomic E-state index is 11.8. The van der Waals surface area contributed by atoms with Gasteiger partial charge in [-0.25, -0.2) is 0 Å². The molecule has 3 heteroatoms. The fraction of sp³-hybridized carbons (Fsp3) is 0.909. The van der Waals surface area contributed by atoms with Gasteiger partial charge in [-0.3, -0.25) is 4.79 Å². The van der Waals surface area contributed by atoms with Gasteiger partial charge >= 0.3 is 0 Å². The molecule has 1 rings (SSSR count). The van der Waals surface area contributed by atoms with Crippen LogP contribution >= 0.6 is 0 Å². The molecule has 1 saturated heterocycles. The third kappa shape index (κ3) is 3.29. The Balaban J connectivity index is 2.32. The molecule has 0 aromatic carbocycles. The van der Waals surface area contributed by atoms with Crippen molar-refractivity contribution in [2.45, 2.75) is 39.0 Å². The summed E-state index contributed by atoms with van der Waals surface area (Å²) in [7, 11) is 0. The minimum Gasteiger partial charge on any atom is -0.343 e. The average molecular weight is 198 g/mol. The zero-order valence-electron chi connectivity index (χ0n) is 9.17. The van der Waals surface area contributed by atoms with E-state index in [0.717, 1.165) is 19.5 Å². The van der Waals surface area contributed by atoms with Crippen LogP contribution in [-0.2, 0) is 4.79 Å². The molecule has 1 heterocycles. The van der Waals surface area contributed by atoms with Gasteiger partial charge in [0, 0.05) is 19.5 Å². The number of nitrogens with two attached hydrogens (primary N) is 1. The molecule has 2 N–H and O–H groups in total. The molecule has 1 unspecified atom stereocenters. The van der Waals surface area contributed by atoms with E-state index in [9.17, 15) is 4.79 Å². The van der Waals surface area contributed by atoms with Crippen molar-refractivity contribution in [2.24, 2.45) is 11.7 Å². The molecule has 3 nitrogen and oxygen atoms in total. The molecule has 82 valence electrons. The Hall–Kier alpha value is -0.570. The predicted octanol–water partition coefficient (Wildman–Crippen LogP) is 1.37. The monoisotopic (exact) mass is 198 g/mol. The summed E-state index contributed by atoms with van der Waals surface area (Å²) in [6.45, 7) is 4.65. The molecule has 1 atom stereocenters. The average Bonchev–Trinajstić information content (AvgIpc) is 2.26. The standard InChI is InChI=1S/C11H22N2O/c1-2-10(9-12)8-11(14)13-6-4-3-5-7-13/h10H,2-9,12H2,1H3. The van der Waals surface area contributed by atoms with E-state index >= 15 is 0 Å². The van der Waals surface area contributed by atoms with Crippen molar-refractivity contribution >= 4 is 5.91 Å². The molecule has 0 spiro atoms. The maximum Gasteiger partial charge on any atom is 0.222 e. The van der Waals surface area contributed by atoms with E-state index in [1.165, 1.54) is 19.3 Å². The van der Waals surface area contributed by atoms with E-state index in [4.69, 9.17) is 5.73 Å². The van der Waals surface area contributed by atoms with Gasteiger partial charge in [-0.05, 0) is 31.7 Å². The molecule has 0 aromatic heterocycles. The molecule has 1 aliphatic rings. The Kier molecular flexibility index (Phi) is 4.94. The minimum absolute atomic E-state index is 0.307. The van der Waals surface area contributed by atoms with E-state index in [-0.39, 0.29) is 0 Å². The van der Waals surface area contributed by atoms with Gasteiger partial charge in [0.05, 0.1) is 0 Å². The Labute approximate surface area is 86.6 Å². The second kappa shape index (κ2) is 6.02. The molecule has 0 saturated carbocycles. The number of carbonyl (C=O) groups is 1. The lowest BCUT2D eigenvalue weighted by Gasteiger charge is -2.28.